The molecule has 1 fully saturated rings. The summed E-state index contributed by atoms with van der Waals surface area (Å²) < 4.78 is 4.80. The Balaban J connectivity index is 2.16. The number of nitro benzene ring substituents is 2. The van der Waals surface area contributed by atoms with Crippen LogP contribution in [0.4, 0.5) is 11.4 Å². The average molecular weight is 319 g/mol. The lowest BCUT2D eigenvalue weighted by molar-refractivity contribution is -0.422. The van der Waals surface area contributed by atoms with E-state index >= 15 is 0 Å². The molecule has 0 amide bonds. The van der Waals surface area contributed by atoms with Crippen molar-refractivity contribution < 1.29 is 19.4 Å². The first-order valence-corrected chi connectivity index (χ1v) is 6.95. The van der Waals surface area contributed by atoms with Gasteiger partial charge in [0.05, 0.1) is 22.5 Å². The van der Waals surface area contributed by atoms with Gasteiger partial charge < -0.3 is 10.1 Å². The number of nitrogens with zero attached hydrogens (tertiary/aromatic N) is 2. The number of carbonyl (C=O) groups is 1. The first-order chi connectivity index (χ1) is 10.9. The van der Waals surface area contributed by atoms with Gasteiger partial charge in [0.2, 0.25) is 0 Å². The SMILES string of the molecule is COC(=O)C1=C(c2ccc([N+](=O)[O-])c([N+](=O)[O-])c2)C2CCC1N2. The normalized spacial score (nSPS) is 22.3. The molecule has 0 saturated carbocycles. The van der Waals surface area contributed by atoms with Gasteiger partial charge in [-0.2, -0.15) is 0 Å². The van der Waals surface area contributed by atoms with Crippen molar-refractivity contribution >= 4 is 22.9 Å². The molecule has 0 radical (unpaired) electrons. The maximum atomic E-state index is 12.0. The average Bonchev–Trinajstić information content (AvgIpc) is 3.14. The van der Waals surface area contributed by atoms with Gasteiger partial charge in [0, 0.05) is 24.2 Å². The lowest BCUT2D eigenvalue weighted by Gasteiger charge is -2.16. The number of ether oxygens (including phenoxy) is 1. The van der Waals surface area contributed by atoms with Crippen LogP contribution >= 0.6 is 0 Å². The second-order valence-corrected chi connectivity index (χ2v) is 5.39. The number of hydrogen-bond acceptors (Lipinski definition) is 7. The van der Waals surface area contributed by atoms with E-state index in [4.69, 9.17) is 4.74 Å². The lowest BCUT2D eigenvalue weighted by atomic mass is 9.87. The number of fused-ring (bicyclic) bond motifs is 2. The number of methoxy groups -OCH3 is 1. The summed E-state index contributed by atoms with van der Waals surface area (Å²) in [5.41, 5.74) is 0.350. The molecule has 2 heterocycles. The molecule has 1 aromatic carbocycles. The highest BCUT2D eigenvalue weighted by Crippen LogP contribution is 2.42. The second-order valence-electron chi connectivity index (χ2n) is 5.39. The molecule has 1 saturated heterocycles. The Bertz CT molecular complexity index is 757. The van der Waals surface area contributed by atoms with Crippen molar-refractivity contribution in [2.45, 2.75) is 24.9 Å². The topological polar surface area (TPSA) is 125 Å². The van der Waals surface area contributed by atoms with Gasteiger partial charge in [-0.1, -0.05) is 0 Å². The molecular formula is C14H13N3O6. The van der Waals surface area contributed by atoms with Gasteiger partial charge in [-0.15, -0.1) is 0 Å². The highest BCUT2D eigenvalue weighted by molar-refractivity contribution is 6.02. The predicted molar refractivity (Wildman–Crippen MR) is 78.6 cm³/mol. The zero-order chi connectivity index (χ0) is 16.7. The molecule has 2 atom stereocenters. The minimum Gasteiger partial charge on any atom is -0.466 e. The summed E-state index contributed by atoms with van der Waals surface area (Å²) >= 11 is 0. The smallest absolute Gasteiger partial charge is 0.346 e. The third-order valence-corrected chi connectivity index (χ3v) is 4.22. The number of nitro groups is 2. The Kier molecular flexibility index (Phi) is 3.57. The van der Waals surface area contributed by atoms with Crippen LogP contribution in [0.2, 0.25) is 0 Å². The number of benzene rings is 1. The van der Waals surface area contributed by atoms with Gasteiger partial charge >= 0.3 is 17.3 Å². The second kappa shape index (κ2) is 5.43. The van der Waals surface area contributed by atoms with Crippen molar-refractivity contribution in [2.75, 3.05) is 7.11 Å². The van der Waals surface area contributed by atoms with Crippen molar-refractivity contribution in [3.63, 3.8) is 0 Å². The van der Waals surface area contributed by atoms with E-state index in [1.807, 2.05) is 0 Å². The molecule has 2 unspecified atom stereocenters. The maximum Gasteiger partial charge on any atom is 0.346 e. The van der Waals surface area contributed by atoms with Crippen molar-refractivity contribution in [1.29, 1.82) is 0 Å². The molecule has 9 nitrogen and oxygen atoms in total. The van der Waals surface area contributed by atoms with Gasteiger partial charge in [-0.25, -0.2) is 4.79 Å². The zero-order valence-electron chi connectivity index (χ0n) is 12.1. The summed E-state index contributed by atoms with van der Waals surface area (Å²) in [5, 5.41) is 25.3. The maximum absolute atomic E-state index is 12.0. The van der Waals surface area contributed by atoms with Crippen molar-refractivity contribution in [2.24, 2.45) is 0 Å². The van der Waals surface area contributed by atoms with E-state index in [9.17, 15) is 25.0 Å². The Morgan fingerprint density at radius 3 is 2.43 bits per heavy atom. The Labute approximate surface area is 130 Å². The lowest BCUT2D eigenvalue weighted by Crippen LogP contribution is -2.24. The molecule has 1 aromatic rings. The first-order valence-electron chi connectivity index (χ1n) is 6.95. The van der Waals surface area contributed by atoms with E-state index in [1.165, 1.54) is 13.2 Å². The molecule has 2 aliphatic rings. The fourth-order valence-corrected chi connectivity index (χ4v) is 3.28. The minimum absolute atomic E-state index is 0.102. The molecule has 1 N–H and O–H groups in total. The van der Waals surface area contributed by atoms with E-state index in [-0.39, 0.29) is 12.1 Å². The largest absolute Gasteiger partial charge is 0.466 e. The molecule has 3 rings (SSSR count). The van der Waals surface area contributed by atoms with Gasteiger partial charge in [0.1, 0.15) is 0 Å². The van der Waals surface area contributed by atoms with E-state index < -0.39 is 27.2 Å². The summed E-state index contributed by atoms with van der Waals surface area (Å²) in [7, 11) is 1.28. The van der Waals surface area contributed by atoms with E-state index in [2.05, 4.69) is 5.32 Å². The zero-order valence-corrected chi connectivity index (χ0v) is 12.1. The van der Waals surface area contributed by atoms with Crippen molar-refractivity contribution in [3.8, 4) is 0 Å². The van der Waals surface area contributed by atoms with Gasteiger partial charge in [0.25, 0.3) is 0 Å². The van der Waals surface area contributed by atoms with Gasteiger partial charge in [-0.3, -0.25) is 20.2 Å². The summed E-state index contributed by atoms with van der Waals surface area (Å²) in [6.07, 6.45) is 1.58. The first kappa shape index (κ1) is 15.1. The van der Waals surface area contributed by atoms with Crippen LogP contribution in [0.25, 0.3) is 5.57 Å². The van der Waals surface area contributed by atoms with Crippen LogP contribution in [0.1, 0.15) is 18.4 Å². The fraction of sp³-hybridized carbons (Fsp3) is 0.357. The highest BCUT2D eigenvalue weighted by atomic mass is 16.6. The molecule has 120 valence electrons. The Morgan fingerprint density at radius 1 is 1.17 bits per heavy atom. The highest BCUT2D eigenvalue weighted by Gasteiger charge is 2.43. The van der Waals surface area contributed by atoms with Crippen molar-refractivity contribution in [1.82, 2.24) is 5.32 Å². The molecule has 0 aliphatic carbocycles. The number of hydrogen-bond donors (Lipinski definition) is 1. The van der Waals surface area contributed by atoms with Gasteiger partial charge in [-0.05, 0) is 30.0 Å². The van der Waals surface area contributed by atoms with Crippen LogP contribution in [0.5, 0.6) is 0 Å². The number of carbonyl (C=O) groups excluding carboxylic acids is 1. The molecule has 2 aliphatic heterocycles. The van der Waals surface area contributed by atoms with Crippen LogP contribution in [0.15, 0.2) is 23.8 Å². The molecule has 0 aromatic heterocycles. The number of nitrogens with one attached hydrogen (secondary N) is 1. The van der Waals surface area contributed by atoms with Crippen LogP contribution < -0.4 is 5.32 Å². The standard InChI is InChI=1S/C14H13N3O6/c1-23-14(18)13-9-4-3-8(15-9)12(13)7-2-5-10(16(19)20)11(6-7)17(21)22/h2,5-6,8-9,15H,3-4H2,1H3. The summed E-state index contributed by atoms with van der Waals surface area (Å²) in [5.74, 6) is -0.485. The summed E-state index contributed by atoms with van der Waals surface area (Å²) in [6.45, 7) is 0. The molecule has 9 heteroatoms. The quantitative estimate of drug-likeness (QED) is 0.507. The third kappa shape index (κ3) is 2.34. The Hall–Kier alpha value is -2.81. The fourth-order valence-electron chi connectivity index (χ4n) is 3.28. The third-order valence-electron chi connectivity index (χ3n) is 4.22. The van der Waals surface area contributed by atoms with E-state index in [0.29, 0.717) is 16.7 Å². The summed E-state index contributed by atoms with van der Waals surface area (Å²) in [4.78, 5) is 32.4. The molecule has 23 heavy (non-hydrogen) atoms. The minimum atomic E-state index is -0.795. The number of rotatable bonds is 4. The molecular weight excluding hydrogens is 306 g/mol. The predicted octanol–water partition coefficient (Wildman–Crippen LogP) is 1.56. The van der Waals surface area contributed by atoms with Crippen LogP contribution in [-0.2, 0) is 9.53 Å². The van der Waals surface area contributed by atoms with Gasteiger partial charge in [0.15, 0.2) is 0 Å². The summed E-state index contributed by atoms with van der Waals surface area (Å²) in [6, 6.07) is 3.44. The van der Waals surface area contributed by atoms with E-state index in [0.717, 1.165) is 25.0 Å². The van der Waals surface area contributed by atoms with Crippen LogP contribution in [-0.4, -0.2) is 35.0 Å². The molecule has 0 spiro atoms. The van der Waals surface area contributed by atoms with Crippen LogP contribution in [0.3, 0.4) is 0 Å². The number of esters is 1. The van der Waals surface area contributed by atoms with Crippen LogP contribution in [0, 0.1) is 20.2 Å². The Morgan fingerprint density at radius 2 is 1.83 bits per heavy atom. The monoisotopic (exact) mass is 319 g/mol. The molecule has 2 bridgehead atoms. The van der Waals surface area contributed by atoms with Crippen molar-refractivity contribution in [3.05, 3.63) is 49.6 Å². The van der Waals surface area contributed by atoms with E-state index in [1.54, 1.807) is 0 Å².